The minimum absolute atomic E-state index is 0.177. The number of anilines is 1. The number of nitrogens with one attached hydrogen (secondary N) is 2. The third-order valence-corrected chi connectivity index (χ3v) is 5.70. The molecule has 0 fully saturated rings. The number of methoxy groups -OCH3 is 1. The number of aryl methyl sites for hydroxylation is 1. The van der Waals surface area contributed by atoms with Crippen molar-refractivity contribution in [3.05, 3.63) is 108 Å². The monoisotopic (exact) mass is 523 g/mol. The van der Waals surface area contributed by atoms with Crippen LogP contribution in [0, 0.1) is 6.92 Å². The number of carbonyl (C=O) groups excluding carboxylic acids is 2. The van der Waals surface area contributed by atoms with Crippen LogP contribution in [0.15, 0.2) is 102 Å². The Bertz CT molecular complexity index is 1440. The molecule has 8 heteroatoms. The highest BCUT2D eigenvalue weighted by molar-refractivity contribution is 5.92. The lowest BCUT2D eigenvalue weighted by Crippen LogP contribution is -2.24. The zero-order valence-electron chi connectivity index (χ0n) is 21.7. The Kier molecular flexibility index (Phi) is 9.28. The van der Waals surface area contributed by atoms with Crippen molar-refractivity contribution >= 4 is 23.7 Å². The molecule has 0 bridgehead atoms. The predicted molar refractivity (Wildman–Crippen MR) is 151 cm³/mol. The van der Waals surface area contributed by atoms with E-state index < -0.39 is 5.91 Å². The summed E-state index contributed by atoms with van der Waals surface area (Å²) >= 11 is 0. The number of hydrazone groups is 1. The zero-order valence-corrected chi connectivity index (χ0v) is 21.7. The van der Waals surface area contributed by atoms with Crippen LogP contribution in [0.3, 0.4) is 0 Å². The molecule has 0 unspecified atom stereocenters. The first kappa shape index (κ1) is 26.9. The van der Waals surface area contributed by atoms with Gasteiger partial charge < -0.3 is 19.5 Å². The summed E-state index contributed by atoms with van der Waals surface area (Å²) < 4.78 is 16.6. The summed E-state index contributed by atoms with van der Waals surface area (Å²) in [7, 11) is 1.50. The fourth-order valence-corrected chi connectivity index (χ4v) is 3.66. The first-order chi connectivity index (χ1) is 19.0. The number of benzene rings is 4. The van der Waals surface area contributed by atoms with Crippen LogP contribution in [-0.2, 0) is 9.59 Å². The van der Waals surface area contributed by atoms with Crippen LogP contribution in [0.5, 0.6) is 17.2 Å². The van der Waals surface area contributed by atoms with Crippen molar-refractivity contribution in [2.75, 3.05) is 25.6 Å². The third kappa shape index (κ3) is 7.93. The van der Waals surface area contributed by atoms with Gasteiger partial charge in [-0.15, -0.1) is 0 Å². The summed E-state index contributed by atoms with van der Waals surface area (Å²) in [5.74, 6) is 0.738. The summed E-state index contributed by atoms with van der Waals surface area (Å²) in [6.07, 6.45) is 1.48. The smallest absolute Gasteiger partial charge is 0.277 e. The molecule has 2 amide bonds. The Morgan fingerprint density at radius 3 is 2.21 bits per heavy atom. The molecule has 0 aliphatic heterocycles. The molecule has 0 heterocycles. The first-order valence-corrected chi connectivity index (χ1v) is 12.3. The van der Waals surface area contributed by atoms with Crippen LogP contribution in [0.2, 0.25) is 0 Å². The van der Waals surface area contributed by atoms with Crippen LogP contribution in [0.1, 0.15) is 11.1 Å². The number of nitrogens with zero attached hydrogens (tertiary/aromatic N) is 1. The number of amides is 2. The van der Waals surface area contributed by atoms with Crippen molar-refractivity contribution in [2.45, 2.75) is 6.92 Å². The van der Waals surface area contributed by atoms with E-state index in [0.29, 0.717) is 22.8 Å². The van der Waals surface area contributed by atoms with E-state index in [1.165, 1.54) is 13.3 Å². The Labute approximate surface area is 227 Å². The zero-order chi connectivity index (χ0) is 27.5. The lowest BCUT2D eigenvalue weighted by Gasteiger charge is -2.12. The molecule has 0 saturated heterocycles. The van der Waals surface area contributed by atoms with E-state index in [1.54, 1.807) is 18.2 Å². The number of ether oxygens (including phenoxy) is 3. The van der Waals surface area contributed by atoms with Crippen molar-refractivity contribution in [1.29, 1.82) is 0 Å². The Hall–Kier alpha value is -5.11. The topological polar surface area (TPSA) is 98.2 Å². The molecule has 198 valence electrons. The standard InChI is InChI=1S/C31H29N3O5/c1-22-8-6-7-11-27(22)33-30(35)20-39-28-17-12-23(18-29(28)37-2)19-32-34-31(36)21-38-26-15-13-25(14-16-26)24-9-4-3-5-10-24/h3-19H,20-21H2,1-2H3,(H,33,35)(H,34,36)/b32-19+. The molecule has 2 N–H and O–H groups in total. The van der Waals surface area contributed by atoms with Crippen LogP contribution in [0.25, 0.3) is 11.1 Å². The minimum atomic E-state index is -0.398. The number of rotatable bonds is 11. The fraction of sp³-hybridized carbons (Fsp3) is 0.129. The highest BCUT2D eigenvalue weighted by atomic mass is 16.5. The van der Waals surface area contributed by atoms with Crippen molar-refractivity contribution in [2.24, 2.45) is 5.10 Å². The molecule has 0 aliphatic carbocycles. The van der Waals surface area contributed by atoms with Gasteiger partial charge in [0.2, 0.25) is 0 Å². The predicted octanol–water partition coefficient (Wildman–Crippen LogP) is 5.22. The highest BCUT2D eigenvalue weighted by Gasteiger charge is 2.10. The molecule has 39 heavy (non-hydrogen) atoms. The molecule has 0 saturated carbocycles. The lowest BCUT2D eigenvalue weighted by molar-refractivity contribution is -0.123. The average Bonchev–Trinajstić information content (AvgIpc) is 2.97. The highest BCUT2D eigenvalue weighted by Crippen LogP contribution is 2.27. The van der Waals surface area contributed by atoms with Gasteiger partial charge in [-0.3, -0.25) is 9.59 Å². The third-order valence-electron chi connectivity index (χ3n) is 5.70. The lowest BCUT2D eigenvalue weighted by atomic mass is 10.1. The second-order valence-electron chi connectivity index (χ2n) is 8.53. The molecule has 4 rings (SSSR count). The number of hydrogen-bond donors (Lipinski definition) is 2. The minimum Gasteiger partial charge on any atom is -0.493 e. The summed E-state index contributed by atoms with van der Waals surface area (Å²) in [5, 5.41) is 6.80. The van der Waals surface area contributed by atoms with Crippen LogP contribution < -0.4 is 25.0 Å². The summed E-state index contributed by atoms with van der Waals surface area (Å²) in [6.45, 7) is 1.56. The van der Waals surface area contributed by atoms with Gasteiger partial charge in [0.25, 0.3) is 11.8 Å². The molecule has 4 aromatic rings. The second kappa shape index (κ2) is 13.4. The maximum Gasteiger partial charge on any atom is 0.277 e. The van der Waals surface area contributed by atoms with Gasteiger partial charge >= 0.3 is 0 Å². The van der Waals surface area contributed by atoms with Crippen LogP contribution >= 0.6 is 0 Å². The van der Waals surface area contributed by atoms with Gasteiger partial charge in [-0.05, 0) is 65.6 Å². The van der Waals surface area contributed by atoms with Gasteiger partial charge in [0.15, 0.2) is 24.7 Å². The second-order valence-corrected chi connectivity index (χ2v) is 8.53. The van der Waals surface area contributed by atoms with Crippen LogP contribution in [-0.4, -0.2) is 38.4 Å². The largest absolute Gasteiger partial charge is 0.493 e. The van der Waals surface area contributed by atoms with Crippen molar-refractivity contribution in [3.63, 3.8) is 0 Å². The van der Waals surface area contributed by atoms with E-state index in [1.807, 2.05) is 85.8 Å². The maximum absolute atomic E-state index is 12.3. The van der Waals surface area contributed by atoms with E-state index in [2.05, 4.69) is 15.8 Å². The van der Waals surface area contributed by atoms with Crippen molar-refractivity contribution in [3.8, 4) is 28.4 Å². The molecular weight excluding hydrogens is 494 g/mol. The number of carbonyl (C=O) groups is 2. The van der Waals surface area contributed by atoms with Crippen molar-refractivity contribution < 1.29 is 23.8 Å². The van der Waals surface area contributed by atoms with E-state index in [0.717, 1.165) is 22.4 Å². The Morgan fingerprint density at radius 2 is 1.46 bits per heavy atom. The normalized spacial score (nSPS) is 10.6. The van der Waals surface area contributed by atoms with Gasteiger partial charge in [-0.2, -0.15) is 5.10 Å². The Balaban J connectivity index is 1.24. The molecule has 0 aliphatic rings. The SMILES string of the molecule is COc1cc(/C=N/NC(=O)COc2ccc(-c3ccccc3)cc2)ccc1OCC(=O)Nc1ccccc1C. The molecule has 8 nitrogen and oxygen atoms in total. The molecule has 0 atom stereocenters. The summed E-state index contributed by atoms with van der Waals surface area (Å²) in [5.41, 5.74) is 6.97. The van der Waals surface area contributed by atoms with E-state index in [4.69, 9.17) is 14.2 Å². The van der Waals surface area contributed by atoms with Gasteiger partial charge in [0.05, 0.1) is 13.3 Å². The number of para-hydroxylation sites is 1. The molecule has 4 aromatic carbocycles. The first-order valence-electron chi connectivity index (χ1n) is 12.3. The molecule has 0 aromatic heterocycles. The molecule has 0 spiro atoms. The van der Waals surface area contributed by atoms with E-state index >= 15 is 0 Å². The summed E-state index contributed by atoms with van der Waals surface area (Å²) in [4.78, 5) is 24.4. The van der Waals surface area contributed by atoms with Gasteiger partial charge in [-0.25, -0.2) is 5.43 Å². The Morgan fingerprint density at radius 1 is 0.769 bits per heavy atom. The quantitative estimate of drug-likeness (QED) is 0.208. The van der Waals surface area contributed by atoms with Crippen LogP contribution in [0.4, 0.5) is 5.69 Å². The molecular formula is C31H29N3O5. The van der Waals surface area contributed by atoms with Gasteiger partial charge in [0, 0.05) is 5.69 Å². The van der Waals surface area contributed by atoms with Gasteiger partial charge in [0.1, 0.15) is 5.75 Å². The fourth-order valence-electron chi connectivity index (χ4n) is 3.66. The van der Waals surface area contributed by atoms with E-state index in [9.17, 15) is 9.59 Å². The van der Waals surface area contributed by atoms with Gasteiger partial charge in [-0.1, -0.05) is 60.7 Å². The summed E-state index contributed by atoms with van der Waals surface area (Å²) in [6, 6.07) is 30.1. The van der Waals surface area contributed by atoms with E-state index in [-0.39, 0.29) is 19.1 Å². The molecule has 0 radical (unpaired) electrons. The average molecular weight is 524 g/mol. The number of hydrogen-bond acceptors (Lipinski definition) is 6. The maximum atomic E-state index is 12.3. The van der Waals surface area contributed by atoms with Crippen molar-refractivity contribution in [1.82, 2.24) is 5.43 Å².